The van der Waals surface area contributed by atoms with Crippen LogP contribution in [0.5, 0.6) is 0 Å². The maximum Gasteiger partial charge on any atom is 0.140 e. The third kappa shape index (κ3) is 3.52. The normalized spacial score (nSPS) is 12.8. The molecule has 78 valence electrons. The highest BCUT2D eigenvalue weighted by atomic mass is 79.9. The summed E-state index contributed by atoms with van der Waals surface area (Å²) in [5.74, 6) is 0.366. The Kier molecular flexibility index (Phi) is 4.78. The van der Waals surface area contributed by atoms with Crippen LogP contribution in [-0.2, 0) is 11.2 Å². The summed E-state index contributed by atoms with van der Waals surface area (Å²) in [5.41, 5.74) is 5.41. The van der Waals surface area contributed by atoms with E-state index in [1.807, 2.05) is 19.1 Å². The van der Waals surface area contributed by atoms with Crippen LogP contribution in [0.25, 0.3) is 0 Å². The average Bonchev–Trinajstić information content (AvgIpc) is 2.51. The number of nitrogens with two attached hydrogens (primary N) is 1. The van der Waals surface area contributed by atoms with Gasteiger partial charge in [-0.2, -0.15) is 0 Å². The van der Waals surface area contributed by atoms with E-state index in [0.717, 1.165) is 15.1 Å². The highest BCUT2D eigenvalue weighted by molar-refractivity contribution is 9.11. The van der Waals surface area contributed by atoms with Crippen molar-refractivity contribution in [3.05, 3.63) is 20.8 Å². The summed E-state index contributed by atoms with van der Waals surface area (Å²) in [7, 11) is 0. The molecule has 0 aliphatic rings. The number of carbonyl (C=O) groups is 1. The van der Waals surface area contributed by atoms with Gasteiger partial charge >= 0.3 is 0 Å². The van der Waals surface area contributed by atoms with Crippen molar-refractivity contribution in [3.8, 4) is 0 Å². The molecule has 0 spiro atoms. The Morgan fingerprint density at radius 1 is 1.64 bits per heavy atom. The molecule has 0 radical (unpaired) electrons. The molecule has 1 aromatic heterocycles. The van der Waals surface area contributed by atoms with Crippen molar-refractivity contribution in [1.29, 1.82) is 0 Å². The molecule has 1 heterocycles. The quantitative estimate of drug-likeness (QED) is 0.898. The van der Waals surface area contributed by atoms with Crippen LogP contribution in [-0.4, -0.2) is 12.3 Å². The van der Waals surface area contributed by atoms with Crippen LogP contribution in [0.1, 0.15) is 18.2 Å². The van der Waals surface area contributed by atoms with Crippen molar-refractivity contribution in [2.45, 2.75) is 19.8 Å². The summed E-state index contributed by atoms with van der Waals surface area (Å²) in [6.07, 6.45) is 1.32. The van der Waals surface area contributed by atoms with Crippen molar-refractivity contribution in [1.82, 2.24) is 0 Å². The lowest BCUT2D eigenvalue weighted by molar-refractivity contribution is -0.121. The molecule has 0 fully saturated rings. The largest absolute Gasteiger partial charge is 0.330 e. The van der Waals surface area contributed by atoms with Gasteiger partial charge in [0, 0.05) is 17.2 Å². The molecule has 1 aromatic rings. The molecular weight excluding hydrogens is 262 g/mol. The average molecular weight is 276 g/mol. The molecule has 2 N–H and O–H groups in total. The van der Waals surface area contributed by atoms with Gasteiger partial charge in [-0.3, -0.25) is 4.79 Å². The summed E-state index contributed by atoms with van der Waals surface area (Å²) in [6, 6.07) is 3.96. The zero-order valence-electron chi connectivity index (χ0n) is 8.13. The first-order valence-electron chi connectivity index (χ1n) is 4.60. The molecule has 0 aliphatic heterocycles. The Labute approximate surface area is 96.6 Å². The predicted octanol–water partition coefficient (Wildman–Crippen LogP) is 2.61. The van der Waals surface area contributed by atoms with Crippen LogP contribution < -0.4 is 5.73 Å². The smallest absolute Gasteiger partial charge is 0.140 e. The molecule has 2 nitrogen and oxygen atoms in total. The zero-order valence-corrected chi connectivity index (χ0v) is 10.5. The van der Waals surface area contributed by atoms with Crippen LogP contribution in [0.2, 0.25) is 0 Å². The van der Waals surface area contributed by atoms with Gasteiger partial charge < -0.3 is 5.73 Å². The van der Waals surface area contributed by atoms with E-state index in [0.29, 0.717) is 13.0 Å². The molecule has 1 atom stereocenters. The minimum atomic E-state index is 0.0841. The molecule has 0 amide bonds. The Morgan fingerprint density at radius 3 is 2.86 bits per heavy atom. The fraction of sp³-hybridized carbons (Fsp3) is 0.500. The van der Waals surface area contributed by atoms with Crippen molar-refractivity contribution < 1.29 is 4.79 Å². The maximum absolute atomic E-state index is 11.6. The standard InChI is InChI=1S/C10H14BrNOS/c1-7(4-5-12)9(13)6-8-2-3-10(11)14-8/h2-3,7H,4-6,12H2,1H3. The van der Waals surface area contributed by atoms with Crippen molar-refractivity contribution in [2.75, 3.05) is 6.54 Å². The summed E-state index contributed by atoms with van der Waals surface area (Å²) < 4.78 is 1.08. The Hall–Kier alpha value is -0.190. The van der Waals surface area contributed by atoms with E-state index in [-0.39, 0.29) is 11.7 Å². The SMILES string of the molecule is CC(CCN)C(=O)Cc1ccc(Br)s1. The van der Waals surface area contributed by atoms with Crippen molar-refractivity contribution >= 4 is 33.0 Å². The van der Waals surface area contributed by atoms with Crippen LogP contribution in [0.3, 0.4) is 0 Å². The zero-order chi connectivity index (χ0) is 10.6. The van der Waals surface area contributed by atoms with Gasteiger partial charge in [-0.15, -0.1) is 11.3 Å². The summed E-state index contributed by atoms with van der Waals surface area (Å²) in [6.45, 7) is 2.53. The third-order valence-corrected chi connectivity index (χ3v) is 3.75. The van der Waals surface area contributed by atoms with Gasteiger partial charge in [0.2, 0.25) is 0 Å². The molecule has 0 aromatic carbocycles. The van der Waals surface area contributed by atoms with Crippen LogP contribution in [0, 0.1) is 5.92 Å². The lowest BCUT2D eigenvalue weighted by Crippen LogP contribution is -2.16. The first-order valence-corrected chi connectivity index (χ1v) is 6.21. The topological polar surface area (TPSA) is 43.1 Å². The van der Waals surface area contributed by atoms with E-state index in [1.165, 1.54) is 0 Å². The van der Waals surface area contributed by atoms with Gasteiger partial charge in [-0.05, 0) is 41.0 Å². The number of halogens is 1. The second kappa shape index (κ2) is 5.63. The minimum Gasteiger partial charge on any atom is -0.330 e. The van der Waals surface area contributed by atoms with E-state index in [2.05, 4.69) is 15.9 Å². The molecule has 1 rings (SSSR count). The van der Waals surface area contributed by atoms with E-state index in [1.54, 1.807) is 11.3 Å². The van der Waals surface area contributed by atoms with Gasteiger partial charge in [0.25, 0.3) is 0 Å². The van der Waals surface area contributed by atoms with E-state index in [4.69, 9.17) is 5.73 Å². The number of rotatable bonds is 5. The third-order valence-electron chi connectivity index (χ3n) is 2.13. The minimum absolute atomic E-state index is 0.0841. The fourth-order valence-corrected chi connectivity index (χ4v) is 2.70. The molecule has 0 saturated carbocycles. The number of hydrogen-bond donors (Lipinski definition) is 1. The lowest BCUT2D eigenvalue weighted by Gasteiger charge is -2.06. The Bertz CT molecular complexity index is 311. The second-order valence-electron chi connectivity index (χ2n) is 3.33. The van der Waals surface area contributed by atoms with Crippen LogP contribution in [0.4, 0.5) is 0 Å². The van der Waals surface area contributed by atoms with Crippen LogP contribution >= 0.6 is 27.3 Å². The van der Waals surface area contributed by atoms with Gasteiger partial charge in [-0.1, -0.05) is 6.92 Å². The molecule has 0 aliphatic carbocycles. The van der Waals surface area contributed by atoms with E-state index < -0.39 is 0 Å². The van der Waals surface area contributed by atoms with Gasteiger partial charge in [-0.25, -0.2) is 0 Å². The van der Waals surface area contributed by atoms with Gasteiger partial charge in [0.1, 0.15) is 5.78 Å². The second-order valence-corrected chi connectivity index (χ2v) is 5.87. The number of ketones is 1. The van der Waals surface area contributed by atoms with Crippen molar-refractivity contribution in [3.63, 3.8) is 0 Å². The highest BCUT2D eigenvalue weighted by Crippen LogP contribution is 2.23. The summed E-state index contributed by atoms with van der Waals surface area (Å²) >= 11 is 4.99. The number of Topliss-reactive ketones (excluding diaryl/α,β-unsaturated/α-hetero) is 1. The number of thiophene rings is 1. The van der Waals surface area contributed by atoms with Gasteiger partial charge in [0.05, 0.1) is 3.79 Å². The van der Waals surface area contributed by atoms with E-state index in [9.17, 15) is 4.79 Å². The molecule has 4 heteroatoms. The van der Waals surface area contributed by atoms with E-state index >= 15 is 0 Å². The van der Waals surface area contributed by atoms with Crippen molar-refractivity contribution in [2.24, 2.45) is 11.7 Å². The first kappa shape index (κ1) is 11.9. The molecular formula is C10H14BrNOS. The number of carbonyl (C=O) groups excluding carboxylic acids is 1. The molecule has 1 unspecified atom stereocenters. The monoisotopic (exact) mass is 275 g/mol. The Morgan fingerprint density at radius 2 is 2.36 bits per heavy atom. The first-order chi connectivity index (χ1) is 6.63. The predicted molar refractivity (Wildman–Crippen MR) is 63.6 cm³/mol. The highest BCUT2D eigenvalue weighted by Gasteiger charge is 2.13. The molecule has 14 heavy (non-hydrogen) atoms. The lowest BCUT2D eigenvalue weighted by atomic mass is 10.00. The van der Waals surface area contributed by atoms with Gasteiger partial charge in [0.15, 0.2) is 0 Å². The summed E-state index contributed by atoms with van der Waals surface area (Å²) in [5, 5.41) is 0. The molecule has 0 bridgehead atoms. The maximum atomic E-state index is 11.6. The Balaban J connectivity index is 2.48. The van der Waals surface area contributed by atoms with Crippen LogP contribution in [0.15, 0.2) is 15.9 Å². The fourth-order valence-electron chi connectivity index (χ4n) is 1.20. The molecule has 0 saturated heterocycles. The number of hydrogen-bond acceptors (Lipinski definition) is 3. The summed E-state index contributed by atoms with van der Waals surface area (Å²) in [4.78, 5) is 12.8.